The van der Waals surface area contributed by atoms with E-state index in [1.54, 1.807) is 7.11 Å². The van der Waals surface area contributed by atoms with Crippen LogP contribution < -0.4 is 4.74 Å². The van der Waals surface area contributed by atoms with Crippen LogP contribution in [0.2, 0.25) is 0 Å². The highest BCUT2D eigenvalue weighted by molar-refractivity contribution is 7.90. The first-order valence-electron chi connectivity index (χ1n) is 6.64. The summed E-state index contributed by atoms with van der Waals surface area (Å²) in [6, 6.07) is 5.37. The van der Waals surface area contributed by atoms with Crippen LogP contribution in [0.1, 0.15) is 18.8 Å². The molecule has 21 heavy (non-hydrogen) atoms. The number of ether oxygens (including phenoxy) is 1. The Kier molecular flexibility index (Phi) is 4.78. The zero-order chi connectivity index (χ0) is 15.6. The lowest BCUT2D eigenvalue weighted by atomic mass is 10.2. The molecule has 1 aromatic carbocycles. The van der Waals surface area contributed by atoms with E-state index in [2.05, 4.69) is 4.98 Å². The number of rotatable bonds is 6. The van der Waals surface area contributed by atoms with Crippen molar-refractivity contribution in [2.24, 2.45) is 0 Å². The fourth-order valence-electron chi connectivity index (χ4n) is 2.52. The lowest BCUT2D eigenvalue weighted by molar-refractivity contribution is 0.415. The Morgan fingerprint density at radius 2 is 2.14 bits per heavy atom. The van der Waals surface area contributed by atoms with Crippen molar-refractivity contribution in [2.45, 2.75) is 19.4 Å². The van der Waals surface area contributed by atoms with Gasteiger partial charge in [-0.3, -0.25) is 0 Å². The molecule has 116 valence electrons. The van der Waals surface area contributed by atoms with E-state index in [0.717, 1.165) is 16.9 Å². The highest BCUT2D eigenvalue weighted by Crippen LogP contribution is 2.26. The molecule has 0 bridgehead atoms. The molecule has 0 fully saturated rings. The van der Waals surface area contributed by atoms with E-state index in [1.165, 1.54) is 6.26 Å². The standard InChI is InChI=1S/C14H19ClN2O3S/c1-10(9-21(3,18)19)17-13-8-11(20-2)4-5-12(13)16-14(17)6-7-15/h4-5,8,10H,6-7,9H2,1-3H3. The number of benzene rings is 1. The number of sulfone groups is 1. The Labute approximate surface area is 129 Å². The second kappa shape index (κ2) is 6.23. The number of hydrogen-bond donors (Lipinski definition) is 0. The molecule has 0 radical (unpaired) electrons. The number of alkyl halides is 1. The van der Waals surface area contributed by atoms with Gasteiger partial charge in [0.2, 0.25) is 0 Å². The largest absolute Gasteiger partial charge is 0.497 e. The minimum atomic E-state index is -3.08. The summed E-state index contributed by atoms with van der Waals surface area (Å²) < 4.78 is 30.3. The number of hydrogen-bond acceptors (Lipinski definition) is 4. The zero-order valence-corrected chi connectivity index (χ0v) is 13.9. The van der Waals surface area contributed by atoms with Crippen molar-refractivity contribution in [3.05, 3.63) is 24.0 Å². The highest BCUT2D eigenvalue weighted by Gasteiger charge is 2.19. The summed E-state index contributed by atoms with van der Waals surface area (Å²) in [5, 5.41) is 0. The molecule has 2 rings (SSSR count). The molecule has 5 nitrogen and oxygen atoms in total. The molecule has 1 aromatic heterocycles. The quantitative estimate of drug-likeness (QED) is 0.763. The van der Waals surface area contributed by atoms with Gasteiger partial charge in [0.25, 0.3) is 0 Å². The molecule has 0 amide bonds. The summed E-state index contributed by atoms with van der Waals surface area (Å²) in [6.07, 6.45) is 1.83. The lowest BCUT2D eigenvalue weighted by Gasteiger charge is -2.16. The zero-order valence-electron chi connectivity index (χ0n) is 12.3. The van der Waals surface area contributed by atoms with Gasteiger partial charge in [-0.05, 0) is 19.1 Å². The Morgan fingerprint density at radius 1 is 1.43 bits per heavy atom. The number of nitrogens with zero attached hydrogens (tertiary/aromatic N) is 2. The maximum atomic E-state index is 11.6. The van der Waals surface area contributed by atoms with Crippen molar-refractivity contribution < 1.29 is 13.2 Å². The fourth-order valence-corrected chi connectivity index (χ4v) is 3.71. The number of fused-ring (bicyclic) bond motifs is 1. The van der Waals surface area contributed by atoms with Gasteiger partial charge in [-0.1, -0.05) is 0 Å². The van der Waals surface area contributed by atoms with Crippen molar-refractivity contribution >= 4 is 32.5 Å². The molecule has 0 aliphatic rings. The van der Waals surface area contributed by atoms with Crippen molar-refractivity contribution in [1.29, 1.82) is 0 Å². The van der Waals surface area contributed by atoms with Gasteiger partial charge >= 0.3 is 0 Å². The van der Waals surface area contributed by atoms with Gasteiger partial charge in [0.05, 0.1) is 23.9 Å². The summed E-state index contributed by atoms with van der Waals surface area (Å²) in [6.45, 7) is 1.87. The van der Waals surface area contributed by atoms with Crippen LogP contribution in [-0.4, -0.2) is 43.0 Å². The van der Waals surface area contributed by atoms with Crippen molar-refractivity contribution in [3.63, 3.8) is 0 Å². The third-order valence-electron chi connectivity index (χ3n) is 3.27. The predicted molar refractivity (Wildman–Crippen MR) is 85.1 cm³/mol. The topological polar surface area (TPSA) is 61.2 Å². The minimum Gasteiger partial charge on any atom is -0.497 e. The van der Waals surface area contributed by atoms with Crippen LogP contribution in [0.4, 0.5) is 0 Å². The average Bonchev–Trinajstić information content (AvgIpc) is 2.74. The van der Waals surface area contributed by atoms with Crippen LogP contribution in [0.5, 0.6) is 5.75 Å². The first-order chi connectivity index (χ1) is 9.85. The van der Waals surface area contributed by atoms with E-state index in [9.17, 15) is 8.42 Å². The third-order valence-corrected chi connectivity index (χ3v) is 4.55. The maximum Gasteiger partial charge on any atom is 0.149 e. The smallest absolute Gasteiger partial charge is 0.149 e. The Hall–Kier alpha value is -1.27. The number of halogens is 1. The molecular formula is C14H19ClN2O3S. The first-order valence-corrected chi connectivity index (χ1v) is 9.23. The average molecular weight is 331 g/mol. The van der Waals surface area contributed by atoms with Gasteiger partial charge < -0.3 is 9.30 Å². The summed E-state index contributed by atoms with van der Waals surface area (Å²) in [5.41, 5.74) is 1.68. The SMILES string of the molecule is COc1ccc2nc(CCCl)n(C(C)CS(C)(=O)=O)c2c1. The Balaban J connectivity index is 2.58. The van der Waals surface area contributed by atoms with Gasteiger partial charge in [0.1, 0.15) is 21.4 Å². The van der Waals surface area contributed by atoms with Crippen LogP contribution in [0.25, 0.3) is 11.0 Å². The molecule has 1 unspecified atom stereocenters. The van der Waals surface area contributed by atoms with Gasteiger partial charge in [-0.25, -0.2) is 13.4 Å². The van der Waals surface area contributed by atoms with Gasteiger partial charge in [-0.2, -0.15) is 0 Å². The van der Waals surface area contributed by atoms with Gasteiger partial charge in [-0.15, -0.1) is 11.6 Å². The molecule has 0 aliphatic heterocycles. The molecule has 7 heteroatoms. The Bertz CT molecular complexity index is 740. The summed E-state index contributed by atoms with van der Waals surface area (Å²) >= 11 is 5.84. The van der Waals surface area contributed by atoms with Crippen molar-refractivity contribution in [1.82, 2.24) is 9.55 Å². The van der Waals surface area contributed by atoms with Crippen LogP contribution in [0, 0.1) is 0 Å². The number of methoxy groups -OCH3 is 1. The van der Waals surface area contributed by atoms with Gasteiger partial charge in [0.15, 0.2) is 0 Å². The summed E-state index contributed by atoms with van der Waals surface area (Å²) in [5.74, 6) is 2.01. The van der Waals surface area contributed by atoms with E-state index < -0.39 is 9.84 Å². The highest BCUT2D eigenvalue weighted by atomic mass is 35.5. The number of aromatic nitrogens is 2. The molecule has 0 N–H and O–H groups in total. The molecule has 0 aliphatic carbocycles. The maximum absolute atomic E-state index is 11.6. The minimum absolute atomic E-state index is 0.0605. The molecule has 1 atom stereocenters. The molecule has 0 spiro atoms. The lowest BCUT2D eigenvalue weighted by Crippen LogP contribution is -2.18. The fraction of sp³-hybridized carbons (Fsp3) is 0.500. The molecule has 1 heterocycles. The Morgan fingerprint density at radius 3 is 2.71 bits per heavy atom. The van der Waals surface area contributed by atoms with Crippen molar-refractivity contribution in [2.75, 3.05) is 25.0 Å². The third kappa shape index (κ3) is 3.68. The number of imidazole rings is 1. The predicted octanol–water partition coefficient (Wildman–Crippen LogP) is 2.43. The monoisotopic (exact) mass is 330 g/mol. The summed E-state index contributed by atoms with van der Waals surface area (Å²) in [4.78, 5) is 4.56. The van der Waals surface area contributed by atoms with E-state index in [0.29, 0.717) is 18.1 Å². The van der Waals surface area contributed by atoms with E-state index in [1.807, 2.05) is 29.7 Å². The van der Waals surface area contributed by atoms with Crippen LogP contribution in [0.15, 0.2) is 18.2 Å². The second-order valence-electron chi connectivity index (χ2n) is 5.13. The van der Waals surface area contributed by atoms with E-state index in [4.69, 9.17) is 16.3 Å². The normalized spacial score (nSPS) is 13.5. The van der Waals surface area contributed by atoms with E-state index >= 15 is 0 Å². The molecule has 2 aromatic rings. The van der Waals surface area contributed by atoms with Crippen molar-refractivity contribution in [3.8, 4) is 5.75 Å². The van der Waals surface area contributed by atoms with Gasteiger partial charge in [0, 0.05) is 30.7 Å². The first kappa shape index (κ1) is 16.1. The van der Waals surface area contributed by atoms with Crippen LogP contribution >= 0.6 is 11.6 Å². The van der Waals surface area contributed by atoms with Crippen LogP contribution in [-0.2, 0) is 16.3 Å². The molecular weight excluding hydrogens is 312 g/mol. The van der Waals surface area contributed by atoms with Crippen LogP contribution in [0.3, 0.4) is 0 Å². The summed E-state index contributed by atoms with van der Waals surface area (Å²) in [7, 11) is -1.48. The second-order valence-corrected chi connectivity index (χ2v) is 7.70. The molecule has 0 saturated carbocycles. The number of aryl methyl sites for hydroxylation is 1. The molecule has 0 saturated heterocycles. The van der Waals surface area contributed by atoms with E-state index in [-0.39, 0.29) is 11.8 Å².